The predicted octanol–water partition coefficient (Wildman–Crippen LogP) is 3.56. The number of hydrogen-bond acceptors (Lipinski definition) is 2. The first-order valence-corrected chi connectivity index (χ1v) is 6.83. The Morgan fingerprint density at radius 3 is 2.39 bits per heavy atom. The van der Waals surface area contributed by atoms with E-state index in [0.717, 1.165) is 31.2 Å². The van der Waals surface area contributed by atoms with Gasteiger partial charge in [0.1, 0.15) is 5.82 Å². The monoisotopic (exact) mass is 251 g/mol. The van der Waals surface area contributed by atoms with Crippen LogP contribution >= 0.6 is 0 Å². The van der Waals surface area contributed by atoms with Crippen molar-refractivity contribution in [2.24, 2.45) is 5.73 Å². The zero-order chi connectivity index (χ0) is 13.0. The van der Waals surface area contributed by atoms with Gasteiger partial charge in [-0.05, 0) is 37.5 Å². The lowest BCUT2D eigenvalue weighted by molar-refractivity contribution is -0.0830. The van der Waals surface area contributed by atoms with Crippen molar-refractivity contribution >= 4 is 0 Å². The van der Waals surface area contributed by atoms with Gasteiger partial charge in [-0.25, -0.2) is 4.39 Å². The summed E-state index contributed by atoms with van der Waals surface area (Å²) in [6, 6.07) is 6.32. The van der Waals surface area contributed by atoms with Crippen LogP contribution in [0.25, 0.3) is 0 Å². The van der Waals surface area contributed by atoms with Gasteiger partial charge in [0.15, 0.2) is 0 Å². The molecule has 0 saturated heterocycles. The van der Waals surface area contributed by atoms with Crippen LogP contribution in [0, 0.1) is 5.82 Å². The molecule has 3 heteroatoms. The second kappa shape index (κ2) is 5.81. The van der Waals surface area contributed by atoms with Crippen LogP contribution in [-0.2, 0) is 4.74 Å². The Hall–Kier alpha value is -0.930. The molecule has 2 N–H and O–H groups in total. The number of halogens is 1. The van der Waals surface area contributed by atoms with Gasteiger partial charge in [0.05, 0.1) is 11.6 Å². The summed E-state index contributed by atoms with van der Waals surface area (Å²) in [6.07, 6.45) is 5.58. The van der Waals surface area contributed by atoms with Crippen molar-refractivity contribution in [3.05, 3.63) is 35.6 Å². The molecule has 1 saturated carbocycles. The predicted molar refractivity (Wildman–Crippen MR) is 70.8 cm³/mol. The summed E-state index contributed by atoms with van der Waals surface area (Å²) in [4.78, 5) is 0. The lowest BCUT2D eigenvalue weighted by atomic mass is 9.77. The van der Waals surface area contributed by atoms with Crippen LogP contribution in [0.15, 0.2) is 24.3 Å². The maximum absolute atomic E-state index is 13.0. The molecule has 1 aromatic rings. The van der Waals surface area contributed by atoms with Crippen molar-refractivity contribution in [1.82, 2.24) is 0 Å². The van der Waals surface area contributed by atoms with Crippen molar-refractivity contribution < 1.29 is 9.13 Å². The normalized spacial score (nSPS) is 20.6. The molecular weight excluding hydrogens is 229 g/mol. The van der Waals surface area contributed by atoms with Crippen LogP contribution in [0.4, 0.5) is 4.39 Å². The minimum absolute atomic E-state index is 0.168. The van der Waals surface area contributed by atoms with Gasteiger partial charge >= 0.3 is 0 Å². The fourth-order valence-electron chi connectivity index (χ4n) is 2.96. The third-order valence-corrected chi connectivity index (χ3v) is 3.93. The molecule has 0 aliphatic heterocycles. The van der Waals surface area contributed by atoms with E-state index in [1.165, 1.54) is 18.6 Å². The Bertz CT molecular complexity index is 365. The minimum Gasteiger partial charge on any atom is -0.373 e. The number of nitrogens with two attached hydrogens (primary N) is 1. The summed E-state index contributed by atoms with van der Waals surface area (Å²) in [7, 11) is 0. The molecule has 1 aliphatic carbocycles. The van der Waals surface area contributed by atoms with Crippen LogP contribution < -0.4 is 5.73 Å². The van der Waals surface area contributed by atoms with E-state index in [2.05, 4.69) is 0 Å². The fraction of sp³-hybridized carbons (Fsp3) is 0.600. The Morgan fingerprint density at radius 1 is 1.22 bits per heavy atom. The standard InChI is InChI=1S/C15H22FNO/c1-2-18-15(10-4-3-5-11-15)14(17)12-6-8-13(16)9-7-12/h6-9,14H,2-5,10-11,17H2,1H3. The van der Waals surface area contributed by atoms with Crippen molar-refractivity contribution in [2.45, 2.75) is 50.7 Å². The first kappa shape index (κ1) is 13.5. The van der Waals surface area contributed by atoms with E-state index < -0.39 is 0 Å². The molecule has 100 valence electrons. The molecule has 0 aromatic heterocycles. The number of benzene rings is 1. The molecule has 1 aromatic carbocycles. The quantitative estimate of drug-likeness (QED) is 0.888. The Balaban J connectivity index is 2.21. The summed E-state index contributed by atoms with van der Waals surface area (Å²) in [5, 5.41) is 0. The number of ether oxygens (including phenoxy) is 1. The summed E-state index contributed by atoms with van der Waals surface area (Å²) in [5.74, 6) is -0.222. The molecule has 0 spiro atoms. The molecule has 0 amide bonds. The first-order chi connectivity index (χ1) is 8.68. The van der Waals surface area contributed by atoms with E-state index >= 15 is 0 Å². The molecule has 0 bridgehead atoms. The van der Waals surface area contributed by atoms with E-state index in [0.29, 0.717) is 6.61 Å². The van der Waals surface area contributed by atoms with Gasteiger partial charge in [0, 0.05) is 6.61 Å². The molecule has 18 heavy (non-hydrogen) atoms. The maximum Gasteiger partial charge on any atom is 0.123 e. The Labute approximate surface area is 108 Å². The van der Waals surface area contributed by atoms with Crippen LogP contribution in [0.3, 0.4) is 0 Å². The van der Waals surface area contributed by atoms with Crippen LogP contribution in [0.5, 0.6) is 0 Å². The highest BCUT2D eigenvalue weighted by Gasteiger charge is 2.39. The van der Waals surface area contributed by atoms with Crippen LogP contribution in [0.2, 0.25) is 0 Å². The topological polar surface area (TPSA) is 35.2 Å². The van der Waals surface area contributed by atoms with Gasteiger partial charge in [0.25, 0.3) is 0 Å². The molecule has 0 heterocycles. The van der Waals surface area contributed by atoms with Crippen LogP contribution in [-0.4, -0.2) is 12.2 Å². The molecule has 1 fully saturated rings. The van der Waals surface area contributed by atoms with Gasteiger partial charge in [-0.1, -0.05) is 31.4 Å². The molecule has 1 unspecified atom stereocenters. The van der Waals surface area contributed by atoms with E-state index in [-0.39, 0.29) is 17.5 Å². The highest BCUT2D eigenvalue weighted by molar-refractivity contribution is 5.23. The van der Waals surface area contributed by atoms with Crippen molar-refractivity contribution in [1.29, 1.82) is 0 Å². The smallest absolute Gasteiger partial charge is 0.123 e. The Kier molecular flexibility index (Phi) is 4.36. The summed E-state index contributed by atoms with van der Waals surface area (Å²) in [6.45, 7) is 2.68. The second-order valence-electron chi connectivity index (χ2n) is 5.09. The summed E-state index contributed by atoms with van der Waals surface area (Å²) in [5.41, 5.74) is 7.10. The highest BCUT2D eigenvalue weighted by atomic mass is 19.1. The Morgan fingerprint density at radius 2 is 1.83 bits per heavy atom. The average molecular weight is 251 g/mol. The first-order valence-electron chi connectivity index (χ1n) is 6.83. The number of rotatable bonds is 4. The molecule has 1 atom stereocenters. The minimum atomic E-state index is -0.259. The third kappa shape index (κ3) is 2.73. The summed E-state index contributed by atoms with van der Waals surface area (Å²) < 4.78 is 19.0. The SMILES string of the molecule is CCOC1(C(N)c2ccc(F)cc2)CCCCC1. The van der Waals surface area contributed by atoms with Crippen molar-refractivity contribution in [2.75, 3.05) is 6.61 Å². The third-order valence-electron chi connectivity index (χ3n) is 3.93. The van der Waals surface area contributed by atoms with E-state index in [1.807, 2.05) is 6.92 Å². The van der Waals surface area contributed by atoms with Gasteiger partial charge in [-0.15, -0.1) is 0 Å². The van der Waals surface area contributed by atoms with Gasteiger partial charge in [-0.3, -0.25) is 0 Å². The number of hydrogen-bond donors (Lipinski definition) is 1. The van der Waals surface area contributed by atoms with Crippen molar-refractivity contribution in [3.8, 4) is 0 Å². The fourth-order valence-corrected chi connectivity index (χ4v) is 2.96. The van der Waals surface area contributed by atoms with Crippen molar-refractivity contribution in [3.63, 3.8) is 0 Å². The lowest BCUT2D eigenvalue weighted by Gasteiger charge is -2.41. The lowest BCUT2D eigenvalue weighted by Crippen LogP contribution is -2.45. The highest BCUT2D eigenvalue weighted by Crippen LogP contribution is 2.40. The zero-order valence-electron chi connectivity index (χ0n) is 11.0. The van der Waals surface area contributed by atoms with E-state index in [9.17, 15) is 4.39 Å². The van der Waals surface area contributed by atoms with Gasteiger partial charge in [0.2, 0.25) is 0 Å². The van der Waals surface area contributed by atoms with E-state index in [4.69, 9.17) is 10.5 Å². The van der Waals surface area contributed by atoms with Crippen LogP contribution in [0.1, 0.15) is 50.6 Å². The molecular formula is C15H22FNO. The molecule has 2 rings (SSSR count). The molecule has 2 nitrogen and oxygen atoms in total. The average Bonchev–Trinajstić information content (AvgIpc) is 2.40. The molecule has 1 aliphatic rings. The zero-order valence-corrected chi connectivity index (χ0v) is 11.0. The van der Waals surface area contributed by atoms with Gasteiger partial charge < -0.3 is 10.5 Å². The second-order valence-corrected chi connectivity index (χ2v) is 5.09. The van der Waals surface area contributed by atoms with E-state index in [1.54, 1.807) is 12.1 Å². The summed E-state index contributed by atoms with van der Waals surface area (Å²) >= 11 is 0. The maximum atomic E-state index is 13.0. The molecule has 0 radical (unpaired) electrons. The van der Waals surface area contributed by atoms with Gasteiger partial charge in [-0.2, -0.15) is 0 Å². The largest absolute Gasteiger partial charge is 0.373 e.